The lowest BCUT2D eigenvalue weighted by Crippen LogP contribution is -2.49. The number of fused-ring (bicyclic) bond motifs is 1. The van der Waals surface area contributed by atoms with Crippen LogP contribution in [-0.4, -0.2) is 69.3 Å². The Kier molecular flexibility index (Phi) is 6.94. The first-order valence-corrected chi connectivity index (χ1v) is 10.8. The lowest BCUT2D eigenvalue weighted by Gasteiger charge is -2.34. The van der Waals surface area contributed by atoms with Crippen LogP contribution in [-0.2, 0) is 24.3 Å². The molecular formula is C24H31N3O4. The van der Waals surface area contributed by atoms with Gasteiger partial charge in [-0.15, -0.1) is 0 Å². The van der Waals surface area contributed by atoms with Crippen LogP contribution in [0.15, 0.2) is 36.4 Å². The number of rotatable bonds is 8. The topological polar surface area (TPSA) is 63.3 Å². The van der Waals surface area contributed by atoms with Crippen LogP contribution in [0.4, 0.5) is 0 Å². The number of piperazine rings is 1. The molecule has 0 aromatic heterocycles. The number of nitrogens with one attached hydrogen (secondary N) is 1. The summed E-state index contributed by atoms with van der Waals surface area (Å²) in [7, 11) is 3.22. The minimum absolute atomic E-state index is 0.0434. The third-order valence-electron chi connectivity index (χ3n) is 5.93. The molecule has 1 amide bonds. The van der Waals surface area contributed by atoms with E-state index in [1.807, 2.05) is 18.2 Å². The van der Waals surface area contributed by atoms with Crippen LogP contribution in [0.5, 0.6) is 17.2 Å². The number of carbonyl (C=O) groups is 1. The summed E-state index contributed by atoms with van der Waals surface area (Å²) in [6.07, 6.45) is 1.01. The molecular weight excluding hydrogens is 394 g/mol. The number of ether oxygens (including phenoxy) is 3. The monoisotopic (exact) mass is 425 g/mol. The molecule has 2 aromatic carbocycles. The highest BCUT2D eigenvalue weighted by atomic mass is 16.5. The van der Waals surface area contributed by atoms with E-state index in [2.05, 4.69) is 33.3 Å². The van der Waals surface area contributed by atoms with Gasteiger partial charge in [-0.25, -0.2) is 0 Å². The first-order chi connectivity index (χ1) is 15.1. The maximum absolute atomic E-state index is 12.4. The molecule has 0 unspecified atom stereocenters. The fraction of sp³-hybridized carbons (Fsp3) is 0.458. The second-order valence-electron chi connectivity index (χ2n) is 8.06. The van der Waals surface area contributed by atoms with E-state index >= 15 is 0 Å². The van der Waals surface area contributed by atoms with Crippen LogP contribution in [0.25, 0.3) is 0 Å². The van der Waals surface area contributed by atoms with Crippen molar-refractivity contribution in [3.8, 4) is 17.2 Å². The molecule has 2 aromatic rings. The highest BCUT2D eigenvalue weighted by molar-refractivity contribution is 5.78. The minimum Gasteiger partial charge on any atom is -0.493 e. The van der Waals surface area contributed by atoms with Crippen LogP contribution in [0.1, 0.15) is 16.7 Å². The lowest BCUT2D eigenvalue weighted by molar-refractivity contribution is -0.122. The van der Waals surface area contributed by atoms with Crippen molar-refractivity contribution in [2.75, 3.05) is 53.6 Å². The summed E-state index contributed by atoms with van der Waals surface area (Å²) in [5.41, 5.74) is 3.64. The van der Waals surface area contributed by atoms with E-state index in [-0.39, 0.29) is 5.91 Å². The number of hydrogen-bond acceptors (Lipinski definition) is 6. The zero-order chi connectivity index (χ0) is 21.6. The molecule has 1 N–H and O–H groups in total. The summed E-state index contributed by atoms with van der Waals surface area (Å²) in [5, 5.41) is 3.01. The normalized spacial score (nSPS) is 16.5. The molecule has 2 heterocycles. The van der Waals surface area contributed by atoms with E-state index in [1.165, 1.54) is 11.1 Å². The summed E-state index contributed by atoms with van der Waals surface area (Å²) >= 11 is 0. The van der Waals surface area contributed by atoms with Crippen LogP contribution < -0.4 is 19.5 Å². The van der Waals surface area contributed by atoms with Crippen molar-refractivity contribution in [1.82, 2.24) is 15.1 Å². The largest absolute Gasteiger partial charge is 0.493 e. The molecule has 0 radical (unpaired) electrons. The maximum atomic E-state index is 12.4. The van der Waals surface area contributed by atoms with E-state index in [9.17, 15) is 4.79 Å². The number of methoxy groups -OCH3 is 2. The van der Waals surface area contributed by atoms with Gasteiger partial charge in [-0.3, -0.25) is 14.6 Å². The summed E-state index contributed by atoms with van der Waals surface area (Å²) < 4.78 is 16.2. The van der Waals surface area contributed by atoms with Crippen LogP contribution in [0, 0.1) is 0 Å². The third kappa shape index (κ3) is 5.48. The minimum atomic E-state index is 0.0434. The number of nitrogens with zero attached hydrogens (tertiary/aromatic N) is 2. The van der Waals surface area contributed by atoms with Gasteiger partial charge in [0.1, 0.15) is 5.75 Å². The molecule has 4 rings (SSSR count). The van der Waals surface area contributed by atoms with Gasteiger partial charge in [-0.2, -0.15) is 0 Å². The molecule has 1 saturated heterocycles. The number of amides is 1. The molecule has 7 heteroatoms. The summed E-state index contributed by atoms with van der Waals surface area (Å²) in [6, 6.07) is 12.2. The maximum Gasteiger partial charge on any atom is 0.234 e. The van der Waals surface area contributed by atoms with Gasteiger partial charge >= 0.3 is 0 Å². The lowest BCUT2D eigenvalue weighted by atomic mass is 10.1. The van der Waals surface area contributed by atoms with Gasteiger partial charge in [0.25, 0.3) is 0 Å². The van der Waals surface area contributed by atoms with E-state index in [4.69, 9.17) is 14.2 Å². The van der Waals surface area contributed by atoms with E-state index < -0.39 is 0 Å². The SMILES string of the molecule is COc1ccc(CNC(=O)CN2CCN(Cc3ccc4c(c3)CCO4)CC2)cc1OC. The van der Waals surface area contributed by atoms with Crippen molar-refractivity contribution >= 4 is 5.91 Å². The fourth-order valence-corrected chi connectivity index (χ4v) is 4.15. The Morgan fingerprint density at radius 1 is 0.968 bits per heavy atom. The number of hydrogen-bond donors (Lipinski definition) is 1. The molecule has 0 saturated carbocycles. The third-order valence-corrected chi connectivity index (χ3v) is 5.93. The van der Waals surface area contributed by atoms with E-state index in [0.717, 1.165) is 57.1 Å². The Bertz CT molecular complexity index is 910. The predicted molar refractivity (Wildman–Crippen MR) is 119 cm³/mol. The van der Waals surface area contributed by atoms with Gasteiger partial charge in [0.15, 0.2) is 11.5 Å². The van der Waals surface area contributed by atoms with Gasteiger partial charge < -0.3 is 19.5 Å². The Hall–Kier alpha value is -2.77. The van der Waals surface area contributed by atoms with E-state index in [0.29, 0.717) is 24.6 Å². The van der Waals surface area contributed by atoms with Gasteiger partial charge in [0.05, 0.1) is 27.4 Å². The highest BCUT2D eigenvalue weighted by Crippen LogP contribution is 2.28. The molecule has 1 fully saturated rings. The quantitative estimate of drug-likeness (QED) is 0.699. The van der Waals surface area contributed by atoms with Gasteiger partial charge in [0.2, 0.25) is 5.91 Å². The predicted octanol–water partition coefficient (Wildman–Crippen LogP) is 2.07. The summed E-state index contributed by atoms with van der Waals surface area (Å²) in [6.45, 7) is 6.39. The van der Waals surface area contributed by atoms with Gasteiger partial charge in [0, 0.05) is 45.7 Å². The highest BCUT2D eigenvalue weighted by Gasteiger charge is 2.20. The molecule has 2 aliphatic rings. The van der Waals surface area contributed by atoms with Gasteiger partial charge in [-0.1, -0.05) is 18.2 Å². The van der Waals surface area contributed by atoms with Crippen LogP contribution >= 0.6 is 0 Å². The molecule has 166 valence electrons. The van der Waals surface area contributed by atoms with Crippen molar-refractivity contribution in [2.45, 2.75) is 19.5 Å². The zero-order valence-electron chi connectivity index (χ0n) is 18.4. The summed E-state index contributed by atoms with van der Waals surface area (Å²) in [5.74, 6) is 2.43. The molecule has 7 nitrogen and oxygen atoms in total. The number of carbonyl (C=O) groups excluding carboxylic acids is 1. The van der Waals surface area contributed by atoms with Crippen LogP contribution in [0.2, 0.25) is 0 Å². The zero-order valence-corrected chi connectivity index (χ0v) is 18.4. The number of benzene rings is 2. The standard InChI is InChI=1S/C24H31N3O4/c1-29-22-6-3-18(14-23(22)30-2)15-25-24(28)17-27-10-8-26(9-11-27)16-19-4-5-21-20(13-19)7-12-31-21/h3-6,13-14H,7-12,15-17H2,1-2H3,(H,25,28). The van der Waals surface area contributed by atoms with Crippen molar-refractivity contribution in [1.29, 1.82) is 0 Å². The Balaban J connectivity index is 1.19. The van der Waals surface area contributed by atoms with E-state index in [1.54, 1.807) is 14.2 Å². The average Bonchev–Trinajstić information content (AvgIpc) is 3.26. The second kappa shape index (κ2) is 10.0. The Morgan fingerprint density at radius 3 is 2.48 bits per heavy atom. The van der Waals surface area contributed by atoms with Gasteiger partial charge in [-0.05, 0) is 34.9 Å². The first-order valence-electron chi connectivity index (χ1n) is 10.8. The molecule has 0 aliphatic carbocycles. The van der Waals surface area contributed by atoms with Crippen LogP contribution in [0.3, 0.4) is 0 Å². The molecule has 0 bridgehead atoms. The molecule has 0 atom stereocenters. The Labute approximate surface area is 183 Å². The van der Waals surface area contributed by atoms with Crippen molar-refractivity contribution < 1.29 is 19.0 Å². The molecule has 31 heavy (non-hydrogen) atoms. The smallest absolute Gasteiger partial charge is 0.234 e. The Morgan fingerprint density at radius 2 is 1.71 bits per heavy atom. The molecule has 0 spiro atoms. The average molecular weight is 426 g/mol. The second-order valence-corrected chi connectivity index (χ2v) is 8.06. The molecule has 2 aliphatic heterocycles. The van der Waals surface area contributed by atoms with Crippen molar-refractivity contribution in [3.05, 3.63) is 53.1 Å². The fourth-order valence-electron chi connectivity index (χ4n) is 4.15. The first kappa shape index (κ1) is 21.5. The van der Waals surface area contributed by atoms with Crippen molar-refractivity contribution in [2.24, 2.45) is 0 Å². The van der Waals surface area contributed by atoms with Crippen molar-refractivity contribution in [3.63, 3.8) is 0 Å². The summed E-state index contributed by atoms with van der Waals surface area (Å²) in [4.78, 5) is 17.1.